The largest absolute Gasteiger partial charge is 0.321 e. The van der Waals surface area contributed by atoms with Crippen LogP contribution in [0.4, 0.5) is 10.1 Å². The SMILES string of the molecule is O=C(Nc1ccc(F)c(Cl)c1)c1cc2c(Cl)nc3ccccc3c2s1. The number of carbonyl (C=O) groups excluding carboxylic acids is 1. The Kier molecular flexibility index (Phi) is 4.07. The van der Waals surface area contributed by atoms with E-state index in [1.807, 2.05) is 24.3 Å². The first-order chi connectivity index (χ1) is 12.0. The molecule has 25 heavy (non-hydrogen) atoms. The normalized spacial score (nSPS) is 11.2. The lowest BCUT2D eigenvalue weighted by atomic mass is 10.2. The third-order valence-electron chi connectivity index (χ3n) is 3.72. The van der Waals surface area contributed by atoms with E-state index in [1.165, 1.54) is 29.5 Å². The summed E-state index contributed by atoms with van der Waals surface area (Å²) >= 11 is 13.3. The van der Waals surface area contributed by atoms with Gasteiger partial charge in [0.15, 0.2) is 0 Å². The van der Waals surface area contributed by atoms with E-state index in [1.54, 1.807) is 6.07 Å². The van der Waals surface area contributed by atoms with Crippen LogP contribution >= 0.6 is 34.5 Å². The molecule has 0 saturated carbocycles. The zero-order valence-electron chi connectivity index (χ0n) is 12.5. The summed E-state index contributed by atoms with van der Waals surface area (Å²) in [6.07, 6.45) is 0. The molecule has 0 aliphatic carbocycles. The van der Waals surface area contributed by atoms with Gasteiger partial charge in [0.25, 0.3) is 5.91 Å². The van der Waals surface area contributed by atoms with Crippen molar-refractivity contribution in [1.82, 2.24) is 4.98 Å². The third-order valence-corrected chi connectivity index (χ3v) is 5.47. The molecule has 4 rings (SSSR count). The molecular weight excluding hydrogens is 382 g/mol. The van der Waals surface area contributed by atoms with Crippen LogP contribution in [0.1, 0.15) is 9.67 Å². The average molecular weight is 391 g/mol. The summed E-state index contributed by atoms with van der Waals surface area (Å²) in [5, 5.41) is 4.69. The number of fused-ring (bicyclic) bond motifs is 3. The molecule has 0 aliphatic heterocycles. The first-order valence-corrected chi connectivity index (χ1v) is 8.84. The minimum absolute atomic E-state index is 0.0487. The highest BCUT2D eigenvalue weighted by atomic mass is 35.5. The van der Waals surface area contributed by atoms with Crippen molar-refractivity contribution < 1.29 is 9.18 Å². The van der Waals surface area contributed by atoms with Crippen molar-refractivity contribution in [3.05, 3.63) is 69.4 Å². The van der Waals surface area contributed by atoms with Crippen LogP contribution in [-0.4, -0.2) is 10.9 Å². The van der Waals surface area contributed by atoms with E-state index in [2.05, 4.69) is 10.3 Å². The van der Waals surface area contributed by atoms with Gasteiger partial charge in [-0.25, -0.2) is 9.37 Å². The molecule has 2 heterocycles. The van der Waals surface area contributed by atoms with Gasteiger partial charge in [0.05, 0.1) is 15.4 Å². The Labute approximate surface area is 156 Å². The van der Waals surface area contributed by atoms with E-state index in [0.29, 0.717) is 15.7 Å². The van der Waals surface area contributed by atoms with Crippen molar-refractivity contribution in [3.8, 4) is 0 Å². The number of thiophene rings is 1. The fraction of sp³-hybridized carbons (Fsp3) is 0. The Balaban J connectivity index is 1.76. The average Bonchev–Trinajstić information content (AvgIpc) is 3.05. The number of anilines is 1. The monoisotopic (exact) mass is 390 g/mol. The highest BCUT2D eigenvalue weighted by Gasteiger charge is 2.16. The van der Waals surface area contributed by atoms with Crippen molar-refractivity contribution in [2.75, 3.05) is 5.32 Å². The molecule has 0 fully saturated rings. The second-order valence-corrected chi connectivity index (χ2v) is 7.17. The second-order valence-electron chi connectivity index (χ2n) is 5.36. The molecule has 124 valence electrons. The highest BCUT2D eigenvalue weighted by Crippen LogP contribution is 2.36. The standard InChI is InChI=1S/C18H9Cl2FN2OS/c19-12-7-9(5-6-13(12)21)22-18(24)15-8-11-16(25-15)10-3-1-2-4-14(10)23-17(11)20/h1-8H,(H,22,24). The van der Waals surface area contributed by atoms with Gasteiger partial charge in [0.1, 0.15) is 11.0 Å². The molecule has 0 bridgehead atoms. The number of amides is 1. The fourth-order valence-corrected chi connectivity index (χ4v) is 4.12. The molecule has 0 spiro atoms. The van der Waals surface area contributed by atoms with Gasteiger partial charge in [-0.2, -0.15) is 0 Å². The maximum absolute atomic E-state index is 13.2. The molecule has 3 nitrogen and oxygen atoms in total. The van der Waals surface area contributed by atoms with Crippen molar-refractivity contribution >= 4 is 67.1 Å². The zero-order valence-corrected chi connectivity index (χ0v) is 14.8. The van der Waals surface area contributed by atoms with Gasteiger partial charge in [0.2, 0.25) is 0 Å². The number of hydrogen-bond acceptors (Lipinski definition) is 3. The van der Waals surface area contributed by atoms with E-state index in [0.717, 1.165) is 21.0 Å². The highest BCUT2D eigenvalue weighted by molar-refractivity contribution is 7.22. The van der Waals surface area contributed by atoms with E-state index in [9.17, 15) is 9.18 Å². The number of nitrogens with zero attached hydrogens (tertiary/aromatic N) is 1. The van der Waals surface area contributed by atoms with E-state index in [-0.39, 0.29) is 10.9 Å². The molecule has 0 radical (unpaired) electrons. The van der Waals surface area contributed by atoms with Crippen molar-refractivity contribution in [1.29, 1.82) is 0 Å². The topological polar surface area (TPSA) is 42.0 Å². The summed E-state index contributed by atoms with van der Waals surface area (Å²) in [6.45, 7) is 0. The molecule has 0 unspecified atom stereocenters. The second kappa shape index (κ2) is 6.26. The van der Waals surface area contributed by atoms with E-state index < -0.39 is 5.82 Å². The van der Waals surface area contributed by atoms with E-state index >= 15 is 0 Å². The van der Waals surface area contributed by atoms with Gasteiger partial charge in [0, 0.05) is 21.2 Å². The fourth-order valence-electron chi connectivity index (χ4n) is 2.55. The third kappa shape index (κ3) is 2.95. The van der Waals surface area contributed by atoms with E-state index in [4.69, 9.17) is 23.2 Å². The summed E-state index contributed by atoms with van der Waals surface area (Å²) in [7, 11) is 0. The molecule has 1 amide bonds. The van der Waals surface area contributed by atoms with Gasteiger partial charge in [-0.15, -0.1) is 11.3 Å². The van der Waals surface area contributed by atoms with Crippen LogP contribution in [0.5, 0.6) is 0 Å². The number of hydrogen-bond donors (Lipinski definition) is 1. The maximum atomic E-state index is 13.2. The quantitative estimate of drug-likeness (QED) is 0.417. The van der Waals surface area contributed by atoms with Gasteiger partial charge < -0.3 is 5.32 Å². The van der Waals surface area contributed by atoms with Crippen LogP contribution in [-0.2, 0) is 0 Å². The number of pyridine rings is 1. The minimum Gasteiger partial charge on any atom is -0.321 e. The summed E-state index contributed by atoms with van der Waals surface area (Å²) in [4.78, 5) is 17.4. The smallest absolute Gasteiger partial charge is 0.265 e. The molecule has 2 aromatic carbocycles. The van der Waals surface area contributed by atoms with Gasteiger partial charge in [-0.3, -0.25) is 4.79 Å². The summed E-state index contributed by atoms with van der Waals surface area (Å²) < 4.78 is 14.1. The first-order valence-electron chi connectivity index (χ1n) is 7.27. The van der Waals surface area contributed by atoms with Gasteiger partial charge in [-0.1, -0.05) is 41.4 Å². The summed E-state index contributed by atoms with van der Waals surface area (Å²) in [5.41, 5.74) is 1.20. The number of rotatable bonds is 2. The lowest BCUT2D eigenvalue weighted by Crippen LogP contribution is -2.10. The number of aromatic nitrogens is 1. The summed E-state index contributed by atoms with van der Waals surface area (Å²) in [5.74, 6) is -0.852. The van der Waals surface area contributed by atoms with Crippen molar-refractivity contribution in [2.24, 2.45) is 0 Å². The Hall–Kier alpha value is -2.21. The van der Waals surface area contributed by atoms with Crippen LogP contribution in [0.3, 0.4) is 0 Å². The molecule has 2 aromatic heterocycles. The number of carbonyl (C=O) groups is 1. The van der Waals surface area contributed by atoms with Crippen LogP contribution in [0.2, 0.25) is 10.2 Å². The maximum Gasteiger partial charge on any atom is 0.265 e. The van der Waals surface area contributed by atoms with Crippen LogP contribution in [0.25, 0.3) is 21.0 Å². The van der Waals surface area contributed by atoms with Crippen LogP contribution in [0.15, 0.2) is 48.5 Å². The Morgan fingerprint density at radius 2 is 1.88 bits per heavy atom. The van der Waals surface area contributed by atoms with Gasteiger partial charge in [-0.05, 0) is 30.3 Å². The molecular formula is C18H9Cl2FN2OS. The molecule has 7 heteroatoms. The zero-order chi connectivity index (χ0) is 17.6. The van der Waals surface area contributed by atoms with Gasteiger partial charge >= 0.3 is 0 Å². The molecule has 0 atom stereocenters. The lowest BCUT2D eigenvalue weighted by Gasteiger charge is -2.04. The first kappa shape index (κ1) is 16.3. The summed E-state index contributed by atoms with van der Waals surface area (Å²) in [6, 6.07) is 13.4. The Morgan fingerprint density at radius 1 is 1.08 bits per heavy atom. The Bertz CT molecular complexity index is 1140. The number of nitrogens with one attached hydrogen (secondary N) is 1. The Morgan fingerprint density at radius 3 is 2.68 bits per heavy atom. The molecule has 1 N–H and O–H groups in total. The predicted molar refractivity (Wildman–Crippen MR) is 101 cm³/mol. The predicted octanol–water partition coefficient (Wildman–Crippen LogP) is 6.15. The number of benzene rings is 2. The minimum atomic E-state index is -0.536. The van der Waals surface area contributed by atoms with Crippen LogP contribution in [0, 0.1) is 5.82 Å². The van der Waals surface area contributed by atoms with Crippen molar-refractivity contribution in [2.45, 2.75) is 0 Å². The number of para-hydroxylation sites is 1. The van der Waals surface area contributed by atoms with Crippen LogP contribution < -0.4 is 5.32 Å². The molecule has 0 aliphatic rings. The molecule has 0 saturated heterocycles. The molecule has 4 aromatic rings. The number of halogens is 3. The van der Waals surface area contributed by atoms with Crippen molar-refractivity contribution in [3.63, 3.8) is 0 Å². The lowest BCUT2D eigenvalue weighted by molar-refractivity contribution is 0.103.